The second-order valence-corrected chi connectivity index (χ2v) is 23.3. The van der Waals surface area contributed by atoms with Crippen molar-refractivity contribution in [2.75, 3.05) is 0 Å². The lowest BCUT2D eigenvalue weighted by atomic mass is 9.91. The van der Waals surface area contributed by atoms with E-state index in [1.54, 1.807) is 0 Å². The van der Waals surface area contributed by atoms with E-state index in [2.05, 4.69) is 305 Å². The standard InChI is InChI=1S/2C13H12.2C11H10.C7H14.C7H8.C7H16.C5H12.C4H10.C3H8.C2H6/c1-11-6-5-9-13(10-11)12-7-3-2-4-8-12;1-11-7-9-13(10-8-11)12-5-3-2-4-6-12;1-9-5-4-7-10-6-2-3-8-11(9)10;1-9-6-7-10-4-2-3-5-11(10)8-9;2*1-7-5-3-2-4-6-7;1-3-5-7-6-4-2;1-5(2,3)4;1-3-4-2;1-3-2;1-2/h2*2-10H,1H3;2*2-8H,1H3;7H,2-6H2,1H3;2-6H,1H3;3-7H2,1-2H3;1-4H3;3-4H2,1-2H3;3H2,1-2H3;1-2H3. The molecule has 0 heterocycles. The van der Waals surface area contributed by atoms with Crippen LogP contribution < -0.4 is 0 Å². The molecule has 0 atom stereocenters. The van der Waals surface area contributed by atoms with Gasteiger partial charge in [0.1, 0.15) is 0 Å². The summed E-state index contributed by atoms with van der Waals surface area (Å²) in [6.45, 7) is 38.8. The van der Waals surface area contributed by atoms with Gasteiger partial charge in [-0.3, -0.25) is 0 Å². The van der Waals surface area contributed by atoms with E-state index in [1.807, 2.05) is 44.2 Å². The number of aryl methyl sites for hydroxylation is 5. The minimum atomic E-state index is 0.500. The average Bonchev–Trinajstić information content (AvgIpc) is 3.52. The summed E-state index contributed by atoms with van der Waals surface area (Å²) in [6.07, 6.45) is 18.3. The molecule has 0 nitrogen and oxygen atoms in total. The Morgan fingerprint density at radius 1 is 0.325 bits per heavy atom. The predicted molar refractivity (Wildman–Crippen MR) is 381 cm³/mol. The molecule has 0 amide bonds. The topological polar surface area (TPSA) is 0 Å². The summed E-state index contributed by atoms with van der Waals surface area (Å²) < 4.78 is 0. The number of hydrogen-bond acceptors (Lipinski definition) is 0. The zero-order valence-electron chi connectivity index (χ0n) is 56.1. The zero-order valence-corrected chi connectivity index (χ0v) is 56.1. The summed E-state index contributed by atoms with van der Waals surface area (Å²) >= 11 is 0. The highest BCUT2D eigenvalue weighted by molar-refractivity contribution is 5.85. The Kier molecular flexibility index (Phi) is 46.1. The van der Waals surface area contributed by atoms with E-state index in [-0.39, 0.29) is 0 Å². The van der Waals surface area contributed by atoms with Crippen molar-refractivity contribution < 1.29 is 0 Å². The molecule has 10 rings (SSSR count). The highest BCUT2D eigenvalue weighted by Gasteiger charge is 2.06. The first kappa shape index (κ1) is 76.5. The van der Waals surface area contributed by atoms with Gasteiger partial charge in [-0.05, 0) is 95.3 Å². The lowest BCUT2D eigenvalue weighted by Crippen LogP contribution is -1.99. The van der Waals surface area contributed by atoms with Crippen LogP contribution in [-0.4, -0.2) is 0 Å². The van der Waals surface area contributed by atoms with Crippen LogP contribution in [0.2, 0.25) is 0 Å². The number of benzene rings is 9. The first-order valence-electron chi connectivity index (χ1n) is 32.1. The molecular formula is C83H118. The Labute approximate surface area is 512 Å². The van der Waals surface area contributed by atoms with E-state index in [4.69, 9.17) is 0 Å². The van der Waals surface area contributed by atoms with E-state index in [9.17, 15) is 0 Å². The molecule has 0 spiro atoms. The molecule has 0 unspecified atom stereocenters. The SMILES string of the molecule is CC.CC(C)(C)C.CC1CCCCC1.CCC.CCCC.CCCCCCC.Cc1ccc(-c2ccccc2)cc1.Cc1ccc2ccccc2c1.Cc1cccc(-c2ccccc2)c1.Cc1cccc2ccccc12.Cc1ccccc1. The third-order valence-electron chi connectivity index (χ3n) is 12.7. The Morgan fingerprint density at radius 2 is 0.687 bits per heavy atom. The monoisotopic (exact) mass is 1110 g/mol. The minimum absolute atomic E-state index is 0.500. The van der Waals surface area contributed by atoms with Crippen LogP contribution in [0.1, 0.15) is 201 Å². The summed E-state index contributed by atoms with van der Waals surface area (Å²) in [7, 11) is 0. The largest absolute Gasteiger partial charge is 0.0683 e. The second-order valence-electron chi connectivity index (χ2n) is 23.3. The molecule has 450 valence electrons. The summed E-state index contributed by atoms with van der Waals surface area (Å²) in [6, 6.07) is 78.0. The van der Waals surface area contributed by atoms with Crippen LogP contribution in [0, 0.1) is 46.0 Å². The van der Waals surface area contributed by atoms with E-state index in [1.165, 1.54) is 155 Å². The molecule has 0 aliphatic heterocycles. The number of fused-ring (bicyclic) bond motifs is 2. The van der Waals surface area contributed by atoms with Gasteiger partial charge in [0.2, 0.25) is 0 Å². The number of rotatable bonds is 7. The van der Waals surface area contributed by atoms with Crippen LogP contribution >= 0.6 is 0 Å². The maximum Gasteiger partial charge on any atom is -0.0155 e. The van der Waals surface area contributed by atoms with Crippen molar-refractivity contribution in [3.05, 3.63) is 252 Å². The van der Waals surface area contributed by atoms with Crippen LogP contribution in [-0.2, 0) is 0 Å². The molecule has 1 aliphatic rings. The van der Waals surface area contributed by atoms with Crippen molar-refractivity contribution in [1.82, 2.24) is 0 Å². The Balaban J connectivity index is 0.000000921. The van der Waals surface area contributed by atoms with Crippen molar-refractivity contribution in [1.29, 1.82) is 0 Å². The summed E-state index contributed by atoms with van der Waals surface area (Å²) in [5.41, 5.74) is 12.2. The molecule has 0 N–H and O–H groups in total. The van der Waals surface area contributed by atoms with Crippen LogP contribution in [0.15, 0.2) is 224 Å². The number of unbranched alkanes of at least 4 members (excludes halogenated alkanes) is 5. The molecule has 0 radical (unpaired) electrons. The van der Waals surface area contributed by atoms with E-state index in [0.717, 1.165) is 5.92 Å². The van der Waals surface area contributed by atoms with Crippen LogP contribution in [0.25, 0.3) is 43.8 Å². The van der Waals surface area contributed by atoms with Gasteiger partial charge in [-0.25, -0.2) is 0 Å². The molecule has 0 aromatic heterocycles. The summed E-state index contributed by atoms with van der Waals surface area (Å²) in [5.74, 6) is 1.04. The Hall–Kier alpha value is -6.50. The van der Waals surface area contributed by atoms with Crippen molar-refractivity contribution in [3.8, 4) is 22.3 Å². The van der Waals surface area contributed by atoms with E-state index < -0.39 is 0 Å². The maximum absolute atomic E-state index is 2.36. The van der Waals surface area contributed by atoms with Gasteiger partial charge in [-0.1, -0.05) is 420 Å². The fraction of sp³-hybridized carbons (Fsp3) is 0.398. The van der Waals surface area contributed by atoms with Gasteiger partial charge < -0.3 is 0 Å². The molecule has 0 saturated heterocycles. The van der Waals surface area contributed by atoms with Crippen molar-refractivity contribution >= 4 is 21.5 Å². The van der Waals surface area contributed by atoms with E-state index >= 15 is 0 Å². The first-order chi connectivity index (χ1) is 40.0. The normalized spacial score (nSPS) is 10.9. The summed E-state index contributed by atoms with van der Waals surface area (Å²) in [4.78, 5) is 0. The molecule has 9 aromatic rings. The summed E-state index contributed by atoms with van der Waals surface area (Å²) in [5, 5.41) is 5.33. The highest BCUT2D eigenvalue weighted by atomic mass is 14.1. The van der Waals surface area contributed by atoms with Crippen molar-refractivity contribution in [3.63, 3.8) is 0 Å². The van der Waals surface area contributed by atoms with Gasteiger partial charge in [-0.15, -0.1) is 0 Å². The van der Waals surface area contributed by atoms with Gasteiger partial charge in [0, 0.05) is 0 Å². The van der Waals surface area contributed by atoms with Crippen LogP contribution in [0.3, 0.4) is 0 Å². The first-order valence-corrected chi connectivity index (χ1v) is 32.1. The van der Waals surface area contributed by atoms with Gasteiger partial charge >= 0.3 is 0 Å². The van der Waals surface area contributed by atoms with Crippen LogP contribution in [0.4, 0.5) is 0 Å². The molecule has 83 heavy (non-hydrogen) atoms. The molecule has 0 bridgehead atoms. The van der Waals surface area contributed by atoms with Gasteiger partial charge in [-0.2, -0.15) is 0 Å². The highest BCUT2D eigenvalue weighted by Crippen LogP contribution is 2.23. The molecule has 1 aliphatic carbocycles. The number of hydrogen-bond donors (Lipinski definition) is 0. The minimum Gasteiger partial charge on any atom is -0.0683 e. The smallest absolute Gasteiger partial charge is 0.0155 e. The maximum atomic E-state index is 2.36. The predicted octanol–water partition coefficient (Wildman–Crippen LogP) is 27.5. The van der Waals surface area contributed by atoms with Gasteiger partial charge in [0.15, 0.2) is 0 Å². The Bertz CT molecular complexity index is 2800. The zero-order chi connectivity index (χ0) is 61.9. The third-order valence-corrected chi connectivity index (χ3v) is 12.7. The van der Waals surface area contributed by atoms with Crippen molar-refractivity contribution in [2.45, 2.75) is 208 Å². The Morgan fingerprint density at radius 3 is 1.12 bits per heavy atom. The lowest BCUT2D eigenvalue weighted by molar-refractivity contribution is 0.385. The molecule has 9 aromatic carbocycles. The van der Waals surface area contributed by atoms with Crippen molar-refractivity contribution in [2.24, 2.45) is 11.3 Å². The molecular weight excluding hydrogens is 997 g/mol. The van der Waals surface area contributed by atoms with E-state index in [0.29, 0.717) is 5.41 Å². The molecule has 1 saturated carbocycles. The van der Waals surface area contributed by atoms with Gasteiger partial charge in [0.25, 0.3) is 0 Å². The molecule has 0 heteroatoms. The van der Waals surface area contributed by atoms with Crippen LogP contribution in [0.5, 0.6) is 0 Å². The molecule has 1 fully saturated rings. The van der Waals surface area contributed by atoms with Gasteiger partial charge in [0.05, 0.1) is 0 Å². The lowest BCUT2D eigenvalue weighted by Gasteiger charge is -2.15. The second kappa shape index (κ2) is 50.1. The fourth-order valence-corrected chi connectivity index (χ4v) is 8.05. The quantitative estimate of drug-likeness (QED) is 0.140. The average molecular weight is 1120 g/mol. The fourth-order valence-electron chi connectivity index (χ4n) is 8.05. The third kappa shape index (κ3) is 41.2.